The average Bonchev–Trinajstić information content (AvgIpc) is 2.68. The van der Waals surface area contributed by atoms with Crippen molar-refractivity contribution in [2.24, 2.45) is 10.4 Å². The van der Waals surface area contributed by atoms with Crippen LogP contribution in [0.15, 0.2) is 17.1 Å². The van der Waals surface area contributed by atoms with Gasteiger partial charge < -0.3 is 30.2 Å². The number of hydrogen-bond acceptors (Lipinski definition) is 5. The van der Waals surface area contributed by atoms with Gasteiger partial charge in [-0.1, -0.05) is 0 Å². The van der Waals surface area contributed by atoms with Crippen LogP contribution in [0.1, 0.15) is 26.3 Å². The van der Waals surface area contributed by atoms with Gasteiger partial charge in [0.25, 0.3) is 0 Å². The Kier molecular flexibility index (Phi) is 11.7. The summed E-state index contributed by atoms with van der Waals surface area (Å²) in [5.41, 5.74) is 0.351. The van der Waals surface area contributed by atoms with E-state index in [-0.39, 0.29) is 29.9 Å². The first kappa shape index (κ1) is 26.1. The maximum Gasteiger partial charge on any atom is 0.227 e. The molecule has 1 aromatic rings. The summed E-state index contributed by atoms with van der Waals surface area (Å²) in [6.45, 7) is 7.31. The van der Waals surface area contributed by atoms with E-state index in [9.17, 15) is 4.79 Å². The molecule has 0 aliphatic carbocycles. The van der Waals surface area contributed by atoms with E-state index < -0.39 is 5.41 Å². The third kappa shape index (κ3) is 7.25. The minimum atomic E-state index is -0.558. The first-order chi connectivity index (χ1) is 12.8. The molecule has 0 spiro atoms. The molecule has 1 rings (SSSR count). The molecule has 28 heavy (non-hydrogen) atoms. The number of benzene rings is 1. The van der Waals surface area contributed by atoms with Gasteiger partial charge in [0.2, 0.25) is 11.7 Å². The van der Waals surface area contributed by atoms with E-state index in [2.05, 4.69) is 20.9 Å². The Hall–Kier alpha value is -1.91. The lowest BCUT2D eigenvalue weighted by molar-refractivity contribution is -0.128. The second kappa shape index (κ2) is 12.5. The van der Waals surface area contributed by atoms with Gasteiger partial charge in [-0.15, -0.1) is 24.0 Å². The molecule has 0 atom stereocenters. The van der Waals surface area contributed by atoms with E-state index in [1.165, 1.54) is 0 Å². The zero-order valence-electron chi connectivity index (χ0n) is 17.8. The van der Waals surface area contributed by atoms with Crippen LogP contribution >= 0.6 is 24.0 Å². The highest BCUT2D eigenvalue weighted by Crippen LogP contribution is 2.38. The molecule has 9 heteroatoms. The zero-order chi connectivity index (χ0) is 20.4. The van der Waals surface area contributed by atoms with Gasteiger partial charge in [-0.3, -0.25) is 4.79 Å². The van der Waals surface area contributed by atoms with E-state index in [4.69, 9.17) is 14.2 Å². The lowest BCUT2D eigenvalue weighted by atomic mass is 9.92. The molecule has 0 saturated carbocycles. The van der Waals surface area contributed by atoms with Gasteiger partial charge in [-0.25, -0.2) is 4.99 Å². The van der Waals surface area contributed by atoms with Gasteiger partial charge in [0.15, 0.2) is 17.5 Å². The highest BCUT2D eigenvalue weighted by atomic mass is 127. The monoisotopic (exact) mass is 508 g/mol. The quantitative estimate of drug-likeness (QED) is 0.269. The molecule has 1 amide bonds. The number of aliphatic imine (C=N–C) groups is 1. The zero-order valence-corrected chi connectivity index (χ0v) is 20.1. The predicted octanol–water partition coefficient (Wildman–Crippen LogP) is 2.16. The molecule has 0 fully saturated rings. The number of nitrogens with zero attached hydrogens (tertiary/aromatic N) is 1. The van der Waals surface area contributed by atoms with Crippen molar-refractivity contribution >= 4 is 35.8 Å². The summed E-state index contributed by atoms with van der Waals surface area (Å²) in [6.07, 6.45) is 0. The minimum Gasteiger partial charge on any atom is -0.493 e. The molecule has 3 N–H and O–H groups in total. The number of carbonyl (C=O) groups is 1. The third-order valence-electron chi connectivity index (χ3n) is 4.03. The van der Waals surface area contributed by atoms with Crippen LogP contribution < -0.4 is 30.2 Å². The maximum absolute atomic E-state index is 11.9. The topological polar surface area (TPSA) is 93.2 Å². The van der Waals surface area contributed by atoms with Crippen LogP contribution in [0.25, 0.3) is 0 Å². The summed E-state index contributed by atoms with van der Waals surface area (Å²) in [6, 6.07) is 3.73. The molecule has 160 valence electrons. The van der Waals surface area contributed by atoms with E-state index in [0.29, 0.717) is 42.8 Å². The van der Waals surface area contributed by atoms with Crippen molar-refractivity contribution in [2.75, 3.05) is 41.5 Å². The first-order valence-corrected chi connectivity index (χ1v) is 8.86. The van der Waals surface area contributed by atoms with Gasteiger partial charge in [0.1, 0.15) is 0 Å². The maximum atomic E-state index is 11.9. The summed E-state index contributed by atoms with van der Waals surface area (Å²) in [5.74, 6) is 2.31. The largest absolute Gasteiger partial charge is 0.493 e. The molecule has 0 aliphatic rings. The van der Waals surface area contributed by atoms with Crippen LogP contribution in [0, 0.1) is 5.41 Å². The second-order valence-electron chi connectivity index (χ2n) is 6.55. The van der Waals surface area contributed by atoms with Crippen molar-refractivity contribution in [3.63, 3.8) is 0 Å². The molecule has 0 aliphatic heterocycles. The van der Waals surface area contributed by atoms with Crippen molar-refractivity contribution in [1.29, 1.82) is 0 Å². The molecular formula is C19H33IN4O4. The molecule has 0 radical (unpaired) electrons. The Bertz CT molecular complexity index is 640. The fraction of sp³-hybridized carbons (Fsp3) is 0.579. The minimum absolute atomic E-state index is 0. The molecule has 1 aromatic carbocycles. The van der Waals surface area contributed by atoms with Gasteiger partial charge in [-0.05, 0) is 38.5 Å². The van der Waals surface area contributed by atoms with Crippen LogP contribution in [0.5, 0.6) is 17.2 Å². The summed E-state index contributed by atoms with van der Waals surface area (Å²) in [5, 5.41) is 9.08. The fourth-order valence-corrected chi connectivity index (χ4v) is 2.46. The molecule has 0 aromatic heterocycles. The van der Waals surface area contributed by atoms with Gasteiger partial charge in [0.05, 0.1) is 33.3 Å². The Labute approximate surface area is 184 Å². The SMILES string of the molecule is CCNC(=NCc1cc(OC)c(OC)c(OC)c1)NCC(C)(C)C(=O)NC.I. The summed E-state index contributed by atoms with van der Waals surface area (Å²) in [4.78, 5) is 16.5. The summed E-state index contributed by atoms with van der Waals surface area (Å²) in [7, 11) is 6.36. The van der Waals surface area contributed by atoms with Crippen LogP contribution in [0.3, 0.4) is 0 Å². The fourth-order valence-electron chi connectivity index (χ4n) is 2.46. The normalized spacial score (nSPS) is 11.2. The third-order valence-corrected chi connectivity index (χ3v) is 4.03. The number of carbonyl (C=O) groups excluding carboxylic acids is 1. The Morgan fingerprint density at radius 3 is 2.07 bits per heavy atom. The number of amides is 1. The van der Waals surface area contributed by atoms with E-state index in [0.717, 1.165) is 5.56 Å². The number of rotatable bonds is 9. The second-order valence-corrected chi connectivity index (χ2v) is 6.55. The van der Waals surface area contributed by atoms with Crippen LogP contribution in [-0.4, -0.2) is 53.3 Å². The first-order valence-electron chi connectivity index (χ1n) is 8.86. The number of halogens is 1. The highest BCUT2D eigenvalue weighted by molar-refractivity contribution is 14.0. The Morgan fingerprint density at radius 1 is 1.07 bits per heavy atom. The van der Waals surface area contributed by atoms with E-state index >= 15 is 0 Å². The van der Waals surface area contributed by atoms with Crippen molar-refractivity contribution in [3.05, 3.63) is 17.7 Å². The van der Waals surface area contributed by atoms with Crippen LogP contribution in [0.4, 0.5) is 0 Å². The van der Waals surface area contributed by atoms with Crippen molar-refractivity contribution in [2.45, 2.75) is 27.3 Å². The molecule has 0 unspecified atom stereocenters. The predicted molar refractivity (Wildman–Crippen MR) is 122 cm³/mol. The van der Waals surface area contributed by atoms with Crippen LogP contribution in [-0.2, 0) is 11.3 Å². The molecule has 8 nitrogen and oxygen atoms in total. The smallest absolute Gasteiger partial charge is 0.227 e. The lowest BCUT2D eigenvalue weighted by Crippen LogP contribution is -2.47. The molecule has 0 saturated heterocycles. The number of hydrogen-bond donors (Lipinski definition) is 3. The lowest BCUT2D eigenvalue weighted by Gasteiger charge is -2.24. The number of methoxy groups -OCH3 is 3. The Morgan fingerprint density at radius 2 is 1.64 bits per heavy atom. The number of nitrogens with one attached hydrogen (secondary N) is 3. The molecule has 0 bridgehead atoms. The molecular weight excluding hydrogens is 475 g/mol. The van der Waals surface area contributed by atoms with Gasteiger partial charge in [-0.2, -0.15) is 0 Å². The Balaban J connectivity index is 0.00000729. The van der Waals surface area contributed by atoms with E-state index in [1.807, 2.05) is 32.9 Å². The van der Waals surface area contributed by atoms with Crippen molar-refractivity contribution in [3.8, 4) is 17.2 Å². The number of ether oxygens (including phenoxy) is 3. The van der Waals surface area contributed by atoms with Crippen LogP contribution in [0.2, 0.25) is 0 Å². The van der Waals surface area contributed by atoms with Gasteiger partial charge in [0, 0.05) is 20.1 Å². The summed E-state index contributed by atoms with van der Waals surface area (Å²) >= 11 is 0. The molecule has 0 heterocycles. The van der Waals surface area contributed by atoms with E-state index in [1.54, 1.807) is 28.4 Å². The van der Waals surface area contributed by atoms with Crippen molar-refractivity contribution < 1.29 is 19.0 Å². The van der Waals surface area contributed by atoms with Gasteiger partial charge >= 0.3 is 0 Å². The standard InChI is InChI=1S/C19H32N4O4.HI/c1-8-21-18(23-12-19(2,3)17(24)20-4)22-11-13-9-14(25-5)16(27-7)15(10-13)26-6;/h9-10H,8,11-12H2,1-7H3,(H,20,24)(H2,21,22,23);1H. The van der Waals surface area contributed by atoms with Crippen molar-refractivity contribution in [1.82, 2.24) is 16.0 Å². The highest BCUT2D eigenvalue weighted by Gasteiger charge is 2.26. The number of guanidine groups is 1. The average molecular weight is 508 g/mol. The summed E-state index contributed by atoms with van der Waals surface area (Å²) < 4.78 is 16.1.